The molecule has 0 saturated carbocycles. The Labute approximate surface area is 189 Å². The molecule has 0 unspecified atom stereocenters. The summed E-state index contributed by atoms with van der Waals surface area (Å²) in [5, 5.41) is 5.42. The van der Waals surface area contributed by atoms with Crippen LogP contribution >= 0.6 is 0 Å². The number of hydrogen-bond acceptors (Lipinski definition) is 6. The number of carbonyl (C=O) groups excluding carboxylic acids is 2. The lowest BCUT2D eigenvalue weighted by Crippen LogP contribution is -2.41. The van der Waals surface area contributed by atoms with E-state index in [0.717, 1.165) is 37.2 Å². The van der Waals surface area contributed by atoms with E-state index < -0.39 is 11.8 Å². The third-order valence-corrected chi connectivity index (χ3v) is 5.68. The molecule has 2 N–H and O–H groups in total. The van der Waals surface area contributed by atoms with E-state index in [2.05, 4.69) is 44.7 Å². The summed E-state index contributed by atoms with van der Waals surface area (Å²) >= 11 is 0. The number of likely N-dealkylation sites (tertiary alicyclic amines) is 1. The topological polar surface area (TPSA) is 83.1 Å². The number of ether oxygens (including phenoxy) is 2. The number of nitrogens with zero attached hydrogens (tertiary/aromatic N) is 2. The minimum absolute atomic E-state index is 0.0199. The third-order valence-electron chi connectivity index (χ3n) is 5.68. The van der Waals surface area contributed by atoms with Crippen LogP contribution in [-0.2, 0) is 9.59 Å². The quantitative estimate of drug-likeness (QED) is 0.614. The molecule has 1 atom stereocenters. The number of nitrogens with one attached hydrogen (secondary N) is 2. The van der Waals surface area contributed by atoms with Crippen molar-refractivity contribution >= 4 is 23.2 Å². The average Bonchev–Trinajstić information content (AvgIpc) is 3.33. The Hall–Kier alpha value is -3.26. The van der Waals surface area contributed by atoms with Crippen LogP contribution in [-0.4, -0.2) is 64.7 Å². The minimum Gasteiger partial charge on any atom is -0.493 e. The SMILES string of the molecule is COc1ccc(NC(=O)C(=O)NC[C@@H](c2ccc(N(C)C)cc2)N2CCCC2)cc1OC. The lowest BCUT2D eigenvalue weighted by molar-refractivity contribution is -0.136. The number of benzene rings is 2. The Morgan fingerprint density at radius 3 is 2.22 bits per heavy atom. The predicted octanol–water partition coefficient (Wildman–Crippen LogP) is 2.66. The van der Waals surface area contributed by atoms with Crippen LogP contribution in [0.2, 0.25) is 0 Å². The Morgan fingerprint density at radius 1 is 0.969 bits per heavy atom. The maximum Gasteiger partial charge on any atom is 0.313 e. The molecule has 3 rings (SSSR count). The second-order valence-electron chi connectivity index (χ2n) is 7.98. The van der Waals surface area contributed by atoms with Gasteiger partial charge in [-0.05, 0) is 55.8 Å². The number of methoxy groups -OCH3 is 2. The molecule has 2 amide bonds. The zero-order valence-corrected chi connectivity index (χ0v) is 19.2. The Bertz CT molecular complexity index is 924. The van der Waals surface area contributed by atoms with Crippen molar-refractivity contribution in [3.05, 3.63) is 48.0 Å². The van der Waals surface area contributed by atoms with Gasteiger partial charge in [0.1, 0.15) is 0 Å². The van der Waals surface area contributed by atoms with Gasteiger partial charge in [0.25, 0.3) is 0 Å². The standard InChI is InChI=1S/C24H32N4O4/c1-27(2)19-10-7-17(8-11-19)20(28-13-5-6-14-28)16-25-23(29)24(30)26-18-9-12-21(31-3)22(15-18)32-4/h7-12,15,20H,5-6,13-14,16H2,1-4H3,(H,25,29)(H,26,30)/t20-/m0/s1. The van der Waals surface area contributed by atoms with Gasteiger partial charge >= 0.3 is 11.8 Å². The van der Waals surface area contributed by atoms with Gasteiger partial charge in [-0.25, -0.2) is 0 Å². The van der Waals surface area contributed by atoms with Crippen molar-refractivity contribution in [1.82, 2.24) is 10.2 Å². The van der Waals surface area contributed by atoms with E-state index in [4.69, 9.17) is 9.47 Å². The predicted molar refractivity (Wildman–Crippen MR) is 126 cm³/mol. The maximum absolute atomic E-state index is 12.5. The molecule has 1 saturated heterocycles. The summed E-state index contributed by atoms with van der Waals surface area (Å²) in [6.45, 7) is 2.32. The summed E-state index contributed by atoms with van der Waals surface area (Å²) in [6, 6.07) is 13.3. The highest BCUT2D eigenvalue weighted by atomic mass is 16.5. The minimum atomic E-state index is -0.722. The first-order valence-corrected chi connectivity index (χ1v) is 10.8. The highest BCUT2D eigenvalue weighted by molar-refractivity contribution is 6.39. The van der Waals surface area contributed by atoms with Crippen LogP contribution in [0, 0.1) is 0 Å². The molecule has 1 aliphatic rings. The first-order chi connectivity index (χ1) is 15.4. The van der Waals surface area contributed by atoms with Crippen LogP contribution in [0.1, 0.15) is 24.4 Å². The molecular weight excluding hydrogens is 408 g/mol. The molecule has 32 heavy (non-hydrogen) atoms. The molecule has 2 aromatic carbocycles. The largest absolute Gasteiger partial charge is 0.493 e. The fourth-order valence-electron chi connectivity index (χ4n) is 3.88. The van der Waals surface area contributed by atoms with Gasteiger partial charge in [0.05, 0.1) is 20.3 Å². The number of hydrogen-bond donors (Lipinski definition) is 2. The highest BCUT2D eigenvalue weighted by Crippen LogP contribution is 2.30. The van der Waals surface area contributed by atoms with Gasteiger partial charge in [0.2, 0.25) is 0 Å². The second kappa shape index (κ2) is 10.9. The summed E-state index contributed by atoms with van der Waals surface area (Å²) < 4.78 is 10.4. The molecular formula is C24H32N4O4. The lowest BCUT2D eigenvalue weighted by Gasteiger charge is -2.28. The third kappa shape index (κ3) is 5.70. The molecule has 0 spiro atoms. The van der Waals surface area contributed by atoms with E-state index in [1.807, 2.05) is 14.1 Å². The Balaban J connectivity index is 1.64. The van der Waals surface area contributed by atoms with Gasteiger partial charge in [-0.15, -0.1) is 0 Å². The van der Waals surface area contributed by atoms with Gasteiger partial charge in [-0.1, -0.05) is 12.1 Å². The van der Waals surface area contributed by atoms with E-state index in [0.29, 0.717) is 23.7 Å². The summed E-state index contributed by atoms with van der Waals surface area (Å²) in [5.41, 5.74) is 2.70. The van der Waals surface area contributed by atoms with Crippen molar-refractivity contribution in [3.63, 3.8) is 0 Å². The number of carbonyl (C=O) groups is 2. The van der Waals surface area contributed by atoms with Gasteiger partial charge in [0.15, 0.2) is 11.5 Å². The van der Waals surface area contributed by atoms with E-state index >= 15 is 0 Å². The smallest absolute Gasteiger partial charge is 0.313 e. The van der Waals surface area contributed by atoms with Crippen LogP contribution < -0.4 is 25.0 Å². The van der Waals surface area contributed by atoms with Crippen molar-refractivity contribution in [2.24, 2.45) is 0 Å². The van der Waals surface area contributed by atoms with Crippen LogP contribution in [0.5, 0.6) is 11.5 Å². The molecule has 1 heterocycles. The first kappa shape index (κ1) is 23.4. The molecule has 1 fully saturated rings. The number of rotatable bonds is 8. The van der Waals surface area contributed by atoms with E-state index in [1.54, 1.807) is 18.2 Å². The van der Waals surface area contributed by atoms with Crippen molar-refractivity contribution in [2.45, 2.75) is 18.9 Å². The van der Waals surface area contributed by atoms with Crippen molar-refractivity contribution in [3.8, 4) is 11.5 Å². The molecule has 8 nitrogen and oxygen atoms in total. The fourth-order valence-corrected chi connectivity index (χ4v) is 3.88. The summed E-state index contributed by atoms with van der Waals surface area (Å²) in [4.78, 5) is 29.4. The monoisotopic (exact) mass is 440 g/mol. The van der Waals surface area contributed by atoms with Crippen molar-refractivity contribution < 1.29 is 19.1 Å². The van der Waals surface area contributed by atoms with Crippen LogP contribution in [0.4, 0.5) is 11.4 Å². The fraction of sp³-hybridized carbons (Fsp3) is 0.417. The number of anilines is 2. The van der Waals surface area contributed by atoms with E-state index in [1.165, 1.54) is 14.2 Å². The molecule has 0 radical (unpaired) electrons. The average molecular weight is 441 g/mol. The Morgan fingerprint density at radius 2 is 1.62 bits per heavy atom. The number of amides is 2. The van der Waals surface area contributed by atoms with Gasteiger partial charge in [-0.2, -0.15) is 0 Å². The van der Waals surface area contributed by atoms with Crippen LogP contribution in [0.15, 0.2) is 42.5 Å². The molecule has 0 aliphatic carbocycles. The summed E-state index contributed by atoms with van der Waals surface area (Å²) in [6.07, 6.45) is 2.28. The maximum atomic E-state index is 12.5. The summed E-state index contributed by atoms with van der Waals surface area (Å²) in [5.74, 6) is -0.376. The van der Waals surface area contributed by atoms with Crippen molar-refractivity contribution in [2.75, 3.05) is 58.2 Å². The van der Waals surface area contributed by atoms with Gasteiger partial charge in [0, 0.05) is 38.1 Å². The van der Waals surface area contributed by atoms with E-state index in [-0.39, 0.29) is 6.04 Å². The van der Waals surface area contributed by atoms with Crippen molar-refractivity contribution in [1.29, 1.82) is 0 Å². The highest BCUT2D eigenvalue weighted by Gasteiger charge is 2.25. The van der Waals surface area contributed by atoms with Gasteiger partial charge < -0.3 is 25.0 Å². The normalized spacial score (nSPS) is 14.5. The van der Waals surface area contributed by atoms with Crippen LogP contribution in [0.25, 0.3) is 0 Å². The molecule has 172 valence electrons. The lowest BCUT2D eigenvalue weighted by atomic mass is 10.0. The zero-order valence-electron chi connectivity index (χ0n) is 19.2. The molecule has 8 heteroatoms. The molecule has 0 aromatic heterocycles. The van der Waals surface area contributed by atoms with E-state index in [9.17, 15) is 9.59 Å². The van der Waals surface area contributed by atoms with Crippen LogP contribution in [0.3, 0.4) is 0 Å². The molecule has 1 aliphatic heterocycles. The molecule has 2 aromatic rings. The Kier molecular flexibility index (Phi) is 7.94. The summed E-state index contributed by atoms with van der Waals surface area (Å²) in [7, 11) is 7.06. The first-order valence-electron chi connectivity index (χ1n) is 10.8. The van der Waals surface area contributed by atoms with Gasteiger partial charge in [-0.3, -0.25) is 14.5 Å². The second-order valence-corrected chi connectivity index (χ2v) is 7.98. The molecule has 0 bridgehead atoms. The zero-order chi connectivity index (χ0) is 23.1.